The van der Waals surface area contributed by atoms with E-state index in [0.717, 1.165) is 43.5 Å². The van der Waals surface area contributed by atoms with E-state index >= 15 is 0 Å². The summed E-state index contributed by atoms with van der Waals surface area (Å²) in [5.41, 5.74) is 1.86. The second-order valence-electron chi connectivity index (χ2n) is 4.34. The third kappa shape index (κ3) is 3.08. The smallest absolute Gasteiger partial charge is 0.130 e. The van der Waals surface area contributed by atoms with Crippen molar-refractivity contribution in [1.29, 1.82) is 0 Å². The standard InChI is InChI=1S/C12H13ClIN4OP/c13-9-7-10(11-1-2-15-18(11)20-14)16-12(8-9)17-3-5-19-6-4-17/h1-2,7-8,20H,3-6H2. The fourth-order valence-corrected chi connectivity index (χ4v) is 3.88. The van der Waals surface area contributed by atoms with Crippen molar-refractivity contribution in [3.8, 4) is 11.4 Å². The molecule has 0 aliphatic carbocycles. The predicted molar refractivity (Wildman–Crippen MR) is 91.2 cm³/mol. The molecule has 0 N–H and O–H groups in total. The number of rotatable bonds is 3. The van der Waals surface area contributed by atoms with Crippen molar-refractivity contribution in [2.24, 2.45) is 0 Å². The van der Waals surface area contributed by atoms with Crippen LogP contribution in [0.25, 0.3) is 11.4 Å². The Kier molecular flexibility index (Phi) is 4.75. The monoisotopic (exact) mass is 422 g/mol. The van der Waals surface area contributed by atoms with E-state index in [0.29, 0.717) is 11.4 Å². The summed E-state index contributed by atoms with van der Waals surface area (Å²) in [5.74, 6) is 0.903. The maximum atomic E-state index is 6.25. The SMILES string of the molecule is Clc1cc(-c2ccnn2PI)nc(N2CCOCC2)c1. The second kappa shape index (κ2) is 6.56. The molecule has 0 amide bonds. The van der Waals surface area contributed by atoms with Crippen LogP contribution >= 0.6 is 40.0 Å². The Morgan fingerprint density at radius 3 is 2.85 bits per heavy atom. The number of nitrogens with zero attached hydrogens (tertiary/aromatic N) is 4. The highest BCUT2D eigenvalue weighted by atomic mass is 127. The van der Waals surface area contributed by atoms with Crippen LogP contribution in [-0.4, -0.2) is 40.8 Å². The van der Waals surface area contributed by atoms with E-state index in [1.165, 1.54) is 0 Å². The zero-order valence-corrected chi connectivity index (χ0v) is 14.5. The van der Waals surface area contributed by atoms with Crippen molar-refractivity contribution in [3.05, 3.63) is 29.4 Å². The first-order valence-electron chi connectivity index (χ1n) is 6.19. The zero-order valence-electron chi connectivity index (χ0n) is 10.6. The lowest BCUT2D eigenvalue weighted by molar-refractivity contribution is 0.122. The summed E-state index contributed by atoms with van der Waals surface area (Å²) in [6.45, 7) is 3.16. The molecule has 20 heavy (non-hydrogen) atoms. The molecule has 1 aliphatic heterocycles. The third-order valence-electron chi connectivity index (χ3n) is 3.10. The van der Waals surface area contributed by atoms with E-state index in [4.69, 9.17) is 21.3 Å². The Hall–Kier alpha value is -0.430. The fourth-order valence-electron chi connectivity index (χ4n) is 2.13. The highest BCUT2D eigenvalue weighted by molar-refractivity contribution is 14.2. The minimum Gasteiger partial charge on any atom is -0.378 e. The molecule has 1 fully saturated rings. The topological polar surface area (TPSA) is 43.2 Å². The molecule has 0 aromatic carbocycles. The molecule has 1 unspecified atom stereocenters. The minimum atomic E-state index is 0.538. The van der Waals surface area contributed by atoms with Gasteiger partial charge in [0.1, 0.15) is 5.82 Å². The van der Waals surface area contributed by atoms with E-state index in [-0.39, 0.29) is 0 Å². The summed E-state index contributed by atoms with van der Waals surface area (Å²) in [7, 11) is 0. The zero-order chi connectivity index (χ0) is 13.9. The number of pyridine rings is 1. The van der Waals surface area contributed by atoms with Gasteiger partial charge in [-0.1, -0.05) is 11.6 Å². The van der Waals surface area contributed by atoms with Crippen LogP contribution in [-0.2, 0) is 4.74 Å². The van der Waals surface area contributed by atoms with Crippen molar-refractivity contribution >= 4 is 45.8 Å². The molecular formula is C12H13ClIN4OP. The van der Waals surface area contributed by atoms with Crippen LogP contribution in [0.15, 0.2) is 24.4 Å². The number of hydrogen-bond donors (Lipinski definition) is 0. The van der Waals surface area contributed by atoms with Crippen molar-refractivity contribution in [1.82, 2.24) is 14.5 Å². The van der Waals surface area contributed by atoms with E-state index in [1.807, 2.05) is 22.7 Å². The summed E-state index contributed by atoms with van der Waals surface area (Å²) in [6.07, 6.45) is 2.33. The maximum absolute atomic E-state index is 6.25. The molecule has 0 bridgehead atoms. The van der Waals surface area contributed by atoms with Crippen LogP contribution in [0.1, 0.15) is 0 Å². The molecule has 5 nitrogen and oxygen atoms in total. The van der Waals surface area contributed by atoms with Gasteiger partial charge >= 0.3 is 0 Å². The molecule has 0 spiro atoms. The molecule has 106 valence electrons. The normalized spacial score (nSPS) is 16.2. The maximum Gasteiger partial charge on any atom is 0.130 e. The second-order valence-corrected chi connectivity index (χ2v) is 6.82. The highest BCUT2D eigenvalue weighted by Gasteiger charge is 2.15. The van der Waals surface area contributed by atoms with Gasteiger partial charge in [-0.05, 0) is 40.2 Å². The summed E-state index contributed by atoms with van der Waals surface area (Å²) < 4.78 is 7.31. The average Bonchev–Trinajstić information content (AvgIpc) is 2.96. The molecular weight excluding hydrogens is 409 g/mol. The van der Waals surface area contributed by atoms with Gasteiger partial charge in [0.2, 0.25) is 0 Å². The van der Waals surface area contributed by atoms with E-state index in [2.05, 4.69) is 32.0 Å². The Labute approximate surface area is 137 Å². The van der Waals surface area contributed by atoms with E-state index in [1.54, 1.807) is 6.20 Å². The predicted octanol–water partition coefficient (Wildman–Crippen LogP) is 3.23. The molecule has 0 saturated carbocycles. The van der Waals surface area contributed by atoms with Gasteiger partial charge in [0.05, 0.1) is 31.0 Å². The first-order chi connectivity index (χ1) is 9.78. The van der Waals surface area contributed by atoms with Crippen LogP contribution in [0.2, 0.25) is 5.02 Å². The molecule has 1 atom stereocenters. The van der Waals surface area contributed by atoms with Crippen molar-refractivity contribution in [2.45, 2.75) is 0 Å². The van der Waals surface area contributed by atoms with Gasteiger partial charge in [-0.15, -0.1) is 0 Å². The van der Waals surface area contributed by atoms with Crippen LogP contribution < -0.4 is 4.90 Å². The number of hydrogen-bond acceptors (Lipinski definition) is 4. The Bertz CT molecular complexity index is 603. The van der Waals surface area contributed by atoms with Crippen molar-refractivity contribution in [3.63, 3.8) is 0 Å². The number of anilines is 1. The molecule has 3 heterocycles. The number of ether oxygens (including phenoxy) is 1. The van der Waals surface area contributed by atoms with Gasteiger partial charge in [0, 0.05) is 24.3 Å². The third-order valence-corrected chi connectivity index (χ3v) is 5.20. The first kappa shape index (κ1) is 14.5. The molecule has 2 aromatic rings. The molecule has 1 aliphatic rings. The summed E-state index contributed by atoms with van der Waals surface area (Å²) in [6, 6.07) is 5.76. The van der Waals surface area contributed by atoms with Gasteiger partial charge in [0.25, 0.3) is 0 Å². The van der Waals surface area contributed by atoms with Gasteiger partial charge in [-0.2, -0.15) is 5.10 Å². The summed E-state index contributed by atoms with van der Waals surface area (Å²) in [4.78, 5) is 6.93. The number of halogens is 2. The van der Waals surface area contributed by atoms with Crippen molar-refractivity contribution < 1.29 is 4.74 Å². The van der Waals surface area contributed by atoms with E-state index in [9.17, 15) is 0 Å². The van der Waals surface area contributed by atoms with Gasteiger partial charge in [-0.3, -0.25) is 0 Å². The fraction of sp³-hybridized carbons (Fsp3) is 0.333. The lowest BCUT2D eigenvalue weighted by atomic mass is 10.2. The molecule has 0 radical (unpaired) electrons. The van der Waals surface area contributed by atoms with Crippen LogP contribution in [0, 0.1) is 0 Å². The summed E-state index contributed by atoms with van der Waals surface area (Å²) >= 11 is 8.56. The lowest BCUT2D eigenvalue weighted by Gasteiger charge is -2.28. The Morgan fingerprint density at radius 2 is 2.10 bits per heavy atom. The van der Waals surface area contributed by atoms with Crippen LogP contribution in [0.4, 0.5) is 5.82 Å². The number of aromatic nitrogens is 3. The summed E-state index contributed by atoms with van der Waals surface area (Å²) in [5, 5.41) is 4.98. The lowest BCUT2D eigenvalue weighted by Crippen LogP contribution is -2.36. The Morgan fingerprint density at radius 1 is 1.30 bits per heavy atom. The van der Waals surface area contributed by atoms with Gasteiger partial charge < -0.3 is 9.64 Å². The highest BCUT2D eigenvalue weighted by Crippen LogP contribution is 2.32. The van der Waals surface area contributed by atoms with Gasteiger partial charge in [-0.25, -0.2) is 9.44 Å². The van der Waals surface area contributed by atoms with Crippen LogP contribution in [0.5, 0.6) is 0 Å². The van der Waals surface area contributed by atoms with Gasteiger partial charge in [0.15, 0.2) is 0 Å². The minimum absolute atomic E-state index is 0.538. The number of morpholine rings is 1. The largest absolute Gasteiger partial charge is 0.378 e. The molecule has 2 aromatic heterocycles. The first-order valence-corrected chi connectivity index (χ1v) is 10.6. The Balaban J connectivity index is 1.98. The molecule has 8 heteroatoms. The van der Waals surface area contributed by atoms with E-state index < -0.39 is 0 Å². The quantitative estimate of drug-likeness (QED) is 0.563. The van der Waals surface area contributed by atoms with Crippen molar-refractivity contribution in [2.75, 3.05) is 31.2 Å². The van der Waals surface area contributed by atoms with Crippen LogP contribution in [0.3, 0.4) is 0 Å². The molecule has 3 rings (SSSR count). The average molecular weight is 423 g/mol. The molecule has 1 saturated heterocycles.